The van der Waals surface area contributed by atoms with Crippen molar-refractivity contribution < 1.29 is 9.53 Å². The average Bonchev–Trinajstić information content (AvgIpc) is 3.29. The van der Waals surface area contributed by atoms with Crippen molar-refractivity contribution in [3.63, 3.8) is 0 Å². The van der Waals surface area contributed by atoms with E-state index in [1.807, 2.05) is 67.6 Å². The zero-order valence-corrected chi connectivity index (χ0v) is 19.3. The molecule has 0 atom stereocenters. The van der Waals surface area contributed by atoms with Gasteiger partial charge < -0.3 is 14.2 Å². The number of nitrogens with zero attached hydrogens (tertiary/aromatic N) is 5. The first kappa shape index (κ1) is 23.2. The number of ether oxygens (including phenoxy) is 1. The molecule has 9 heteroatoms. The number of amides is 1. The molecule has 0 aliphatic carbocycles. The summed E-state index contributed by atoms with van der Waals surface area (Å²) < 4.78 is 9.27. The Kier molecular flexibility index (Phi) is 7.03. The molecule has 0 aliphatic heterocycles. The van der Waals surface area contributed by atoms with Crippen molar-refractivity contribution in [2.24, 2.45) is 0 Å². The number of imidazole rings is 1. The van der Waals surface area contributed by atoms with Crippen molar-refractivity contribution in [2.45, 2.75) is 26.6 Å². The van der Waals surface area contributed by atoms with Gasteiger partial charge in [-0.15, -0.1) is 0 Å². The number of aromatic nitrogens is 4. The number of carbonyl (C=O) groups is 1. The van der Waals surface area contributed by atoms with Crippen LogP contribution in [0.2, 0.25) is 0 Å². The molecule has 0 unspecified atom stereocenters. The highest BCUT2D eigenvalue weighted by Crippen LogP contribution is 2.14. The van der Waals surface area contributed by atoms with Gasteiger partial charge in [0.2, 0.25) is 5.91 Å². The molecule has 2 heterocycles. The number of benzene rings is 2. The predicted octanol–water partition coefficient (Wildman–Crippen LogP) is 2.11. The van der Waals surface area contributed by atoms with E-state index in [-0.39, 0.29) is 30.2 Å². The van der Waals surface area contributed by atoms with Crippen molar-refractivity contribution in [3.05, 3.63) is 93.4 Å². The third-order valence-corrected chi connectivity index (χ3v) is 5.68. The average molecular weight is 462 g/mol. The number of methoxy groups -OCH3 is 1. The van der Waals surface area contributed by atoms with Crippen molar-refractivity contribution in [1.29, 1.82) is 0 Å². The molecule has 0 saturated heterocycles. The first-order valence-electron chi connectivity index (χ1n) is 11.1. The lowest BCUT2D eigenvalue weighted by atomic mass is 10.2. The molecule has 0 spiro atoms. The largest absolute Gasteiger partial charge is 0.383 e. The fourth-order valence-corrected chi connectivity index (χ4v) is 3.98. The first-order chi connectivity index (χ1) is 16.5. The maximum atomic E-state index is 13.5. The van der Waals surface area contributed by atoms with E-state index in [9.17, 15) is 14.4 Å². The fourth-order valence-electron chi connectivity index (χ4n) is 3.98. The minimum absolute atomic E-state index is 0.224. The van der Waals surface area contributed by atoms with Crippen LogP contribution >= 0.6 is 0 Å². The van der Waals surface area contributed by atoms with Crippen LogP contribution in [0.15, 0.2) is 76.6 Å². The fraction of sp³-hybridized carbons (Fsp3) is 0.280. The molecule has 34 heavy (non-hydrogen) atoms. The molecule has 4 rings (SSSR count). The SMILES string of the molecule is CCN(C(=O)Cn1c(=O)c2c(ncn2CCOC)n(Cc2ccccc2)c1=O)c1ccccc1. The lowest BCUT2D eigenvalue weighted by molar-refractivity contribution is -0.119. The summed E-state index contributed by atoms with van der Waals surface area (Å²) in [4.78, 5) is 46.1. The molecule has 4 aromatic rings. The van der Waals surface area contributed by atoms with Crippen LogP contribution in [0.3, 0.4) is 0 Å². The van der Waals surface area contributed by atoms with Gasteiger partial charge in [-0.25, -0.2) is 14.3 Å². The third-order valence-electron chi connectivity index (χ3n) is 5.68. The predicted molar refractivity (Wildman–Crippen MR) is 130 cm³/mol. The zero-order valence-electron chi connectivity index (χ0n) is 19.3. The van der Waals surface area contributed by atoms with Gasteiger partial charge >= 0.3 is 5.69 Å². The Balaban J connectivity index is 1.82. The number of likely N-dealkylation sites (N-methyl/N-ethyl adjacent to an activating group) is 1. The van der Waals surface area contributed by atoms with Crippen LogP contribution in [0.1, 0.15) is 12.5 Å². The number of anilines is 1. The molecule has 2 aromatic carbocycles. The van der Waals surface area contributed by atoms with Crippen molar-refractivity contribution >= 4 is 22.8 Å². The molecule has 0 N–H and O–H groups in total. The van der Waals surface area contributed by atoms with Crippen LogP contribution < -0.4 is 16.1 Å². The van der Waals surface area contributed by atoms with Gasteiger partial charge in [-0.2, -0.15) is 0 Å². The van der Waals surface area contributed by atoms with Crippen molar-refractivity contribution in [3.8, 4) is 0 Å². The Morgan fingerprint density at radius 1 is 1.00 bits per heavy atom. The normalized spacial score (nSPS) is 11.1. The standard InChI is InChI=1S/C25H27N5O4/c1-3-28(20-12-8-5-9-13-20)21(31)17-30-24(32)22-23(26-18-27(22)14-15-34-2)29(25(30)33)16-19-10-6-4-7-11-19/h4-13,18H,3,14-17H2,1-2H3. The monoisotopic (exact) mass is 461 g/mol. The first-order valence-corrected chi connectivity index (χ1v) is 11.1. The molecule has 176 valence electrons. The molecule has 0 fully saturated rings. The van der Waals surface area contributed by atoms with Crippen LogP contribution in [0.25, 0.3) is 11.2 Å². The molecule has 0 radical (unpaired) electrons. The maximum Gasteiger partial charge on any atom is 0.333 e. The van der Waals surface area contributed by atoms with Gasteiger partial charge in [-0.3, -0.25) is 14.2 Å². The molecule has 9 nitrogen and oxygen atoms in total. The molecular weight excluding hydrogens is 434 g/mol. The number of para-hydroxylation sites is 1. The smallest absolute Gasteiger partial charge is 0.333 e. The summed E-state index contributed by atoms with van der Waals surface area (Å²) in [6.07, 6.45) is 1.53. The van der Waals surface area contributed by atoms with Crippen molar-refractivity contribution in [2.75, 3.05) is 25.2 Å². The summed E-state index contributed by atoms with van der Waals surface area (Å²) in [6.45, 7) is 2.88. The van der Waals surface area contributed by atoms with E-state index < -0.39 is 11.2 Å². The zero-order chi connectivity index (χ0) is 24.1. The second kappa shape index (κ2) is 10.3. The van der Waals surface area contributed by atoms with E-state index in [2.05, 4.69) is 4.98 Å². The Labute approximate surface area is 196 Å². The summed E-state index contributed by atoms with van der Waals surface area (Å²) in [5.41, 5.74) is 1.02. The lowest BCUT2D eigenvalue weighted by Gasteiger charge is -2.21. The van der Waals surface area contributed by atoms with E-state index in [0.29, 0.717) is 25.4 Å². The van der Waals surface area contributed by atoms with Crippen LogP contribution in [0.4, 0.5) is 5.69 Å². The quantitative estimate of drug-likeness (QED) is 0.381. The Bertz CT molecular complexity index is 1390. The van der Waals surface area contributed by atoms with Gasteiger partial charge in [0.05, 0.1) is 19.5 Å². The van der Waals surface area contributed by atoms with Gasteiger partial charge in [0.1, 0.15) is 6.54 Å². The van der Waals surface area contributed by atoms with E-state index in [4.69, 9.17) is 4.74 Å². The second-order valence-corrected chi connectivity index (χ2v) is 7.82. The summed E-state index contributed by atoms with van der Waals surface area (Å²) in [7, 11) is 1.57. The highest BCUT2D eigenvalue weighted by atomic mass is 16.5. The van der Waals surface area contributed by atoms with Crippen LogP contribution in [-0.2, 0) is 29.2 Å². The number of hydrogen-bond acceptors (Lipinski definition) is 5. The minimum atomic E-state index is -0.573. The molecule has 1 amide bonds. The number of rotatable bonds is 9. The number of carbonyl (C=O) groups excluding carboxylic acids is 1. The van der Waals surface area contributed by atoms with Crippen LogP contribution in [0, 0.1) is 0 Å². The number of hydrogen-bond donors (Lipinski definition) is 0. The molecule has 0 saturated carbocycles. The van der Waals surface area contributed by atoms with Gasteiger partial charge in [-0.05, 0) is 24.6 Å². The minimum Gasteiger partial charge on any atom is -0.383 e. The molecular formula is C25H27N5O4. The second-order valence-electron chi connectivity index (χ2n) is 7.82. The Morgan fingerprint density at radius 2 is 1.68 bits per heavy atom. The van der Waals surface area contributed by atoms with Gasteiger partial charge in [0, 0.05) is 25.9 Å². The number of fused-ring (bicyclic) bond motifs is 1. The van der Waals surface area contributed by atoms with Crippen molar-refractivity contribution in [1.82, 2.24) is 18.7 Å². The third kappa shape index (κ3) is 4.55. The summed E-state index contributed by atoms with van der Waals surface area (Å²) >= 11 is 0. The van der Waals surface area contributed by atoms with Gasteiger partial charge in [0.25, 0.3) is 5.56 Å². The lowest BCUT2D eigenvalue weighted by Crippen LogP contribution is -2.45. The highest BCUT2D eigenvalue weighted by molar-refractivity contribution is 5.93. The summed E-state index contributed by atoms with van der Waals surface area (Å²) in [6, 6.07) is 18.6. The molecule has 2 aromatic heterocycles. The van der Waals surface area contributed by atoms with Gasteiger partial charge in [0.15, 0.2) is 11.2 Å². The Morgan fingerprint density at radius 3 is 2.32 bits per heavy atom. The van der Waals surface area contributed by atoms with Crippen LogP contribution in [0.5, 0.6) is 0 Å². The van der Waals surface area contributed by atoms with Crippen LogP contribution in [-0.4, -0.2) is 44.9 Å². The molecule has 0 bridgehead atoms. The van der Waals surface area contributed by atoms with E-state index in [0.717, 1.165) is 10.1 Å². The van der Waals surface area contributed by atoms with Gasteiger partial charge in [-0.1, -0.05) is 48.5 Å². The Hall–Kier alpha value is -3.98. The van der Waals surface area contributed by atoms with E-state index in [1.165, 1.54) is 10.9 Å². The topological polar surface area (TPSA) is 91.4 Å². The maximum absolute atomic E-state index is 13.5. The van der Waals surface area contributed by atoms with E-state index in [1.54, 1.807) is 16.6 Å². The highest BCUT2D eigenvalue weighted by Gasteiger charge is 2.22. The summed E-state index contributed by atoms with van der Waals surface area (Å²) in [5, 5.41) is 0. The summed E-state index contributed by atoms with van der Waals surface area (Å²) in [5.74, 6) is -0.346. The molecule has 0 aliphatic rings. The van der Waals surface area contributed by atoms with E-state index >= 15 is 0 Å².